The van der Waals surface area contributed by atoms with E-state index >= 15 is 0 Å². The topological polar surface area (TPSA) is 69.6 Å². The lowest BCUT2D eigenvalue weighted by atomic mass is 10.0. The molecule has 0 aliphatic heterocycles. The van der Waals surface area contributed by atoms with Gasteiger partial charge in [-0.2, -0.15) is 0 Å². The molecule has 0 bridgehead atoms. The summed E-state index contributed by atoms with van der Waals surface area (Å²) in [6.07, 6.45) is 51.7. The van der Waals surface area contributed by atoms with Crippen LogP contribution < -0.4 is 5.32 Å². The van der Waals surface area contributed by atoms with E-state index in [0.29, 0.717) is 12.8 Å². The fourth-order valence-electron chi connectivity index (χ4n) is 7.06. The van der Waals surface area contributed by atoms with Gasteiger partial charge in [-0.05, 0) is 38.5 Å². The number of aliphatic hydroxyl groups is 2. The minimum Gasteiger partial charge on any atom is -0.394 e. The molecule has 2 atom stereocenters. The molecule has 0 fully saturated rings. The van der Waals surface area contributed by atoms with Gasteiger partial charge in [-0.3, -0.25) is 4.79 Å². The van der Waals surface area contributed by atoms with Crippen LogP contribution in [-0.2, 0) is 4.79 Å². The van der Waals surface area contributed by atoms with E-state index < -0.39 is 12.1 Å². The quantitative estimate of drug-likeness (QED) is 0.0441. The van der Waals surface area contributed by atoms with Gasteiger partial charge in [0, 0.05) is 6.42 Å². The number of carbonyl (C=O) groups is 1. The van der Waals surface area contributed by atoms with Crippen molar-refractivity contribution in [2.75, 3.05) is 6.61 Å². The molecule has 0 aromatic heterocycles. The number of nitrogens with one attached hydrogen (secondary N) is 1. The molecule has 0 spiro atoms. The Morgan fingerprint density at radius 3 is 1.12 bits per heavy atom. The number of hydrogen-bond acceptors (Lipinski definition) is 3. The third-order valence-corrected chi connectivity index (χ3v) is 10.5. The number of amides is 1. The number of unbranched alkanes of at least 4 members (excludes halogenated alkanes) is 32. The van der Waals surface area contributed by atoms with Crippen LogP contribution in [-0.4, -0.2) is 34.9 Å². The standard InChI is InChI=1S/C45H89NO3/c1-3-5-7-9-11-13-14-15-16-17-18-19-20-21-22-23-24-25-26-27-28-29-30-31-33-35-37-39-41-45(49)46-43(42-47)44(48)40-38-36-34-32-12-10-8-6-4-2/h21-22,43-44,47-48H,3-20,23-42H2,1-2H3,(H,46,49)/b22-21-. The van der Waals surface area contributed by atoms with E-state index in [1.54, 1.807) is 0 Å². The second kappa shape index (κ2) is 41.5. The lowest BCUT2D eigenvalue weighted by Gasteiger charge is -2.22. The first-order chi connectivity index (χ1) is 24.2. The lowest BCUT2D eigenvalue weighted by Crippen LogP contribution is -2.45. The van der Waals surface area contributed by atoms with Gasteiger partial charge in [-0.15, -0.1) is 0 Å². The van der Waals surface area contributed by atoms with Gasteiger partial charge in [-0.25, -0.2) is 0 Å². The van der Waals surface area contributed by atoms with Gasteiger partial charge in [0.1, 0.15) is 0 Å². The van der Waals surface area contributed by atoms with Gasteiger partial charge in [0.15, 0.2) is 0 Å². The summed E-state index contributed by atoms with van der Waals surface area (Å²) in [5, 5.41) is 23.0. The average molecular weight is 692 g/mol. The van der Waals surface area contributed by atoms with E-state index in [1.165, 1.54) is 199 Å². The highest BCUT2D eigenvalue weighted by Crippen LogP contribution is 2.16. The Morgan fingerprint density at radius 1 is 0.469 bits per heavy atom. The van der Waals surface area contributed by atoms with Gasteiger partial charge in [0.05, 0.1) is 18.8 Å². The van der Waals surface area contributed by atoms with Crippen molar-refractivity contribution in [3.63, 3.8) is 0 Å². The van der Waals surface area contributed by atoms with Gasteiger partial charge < -0.3 is 15.5 Å². The number of aliphatic hydroxyl groups excluding tert-OH is 2. The molecular formula is C45H89NO3. The van der Waals surface area contributed by atoms with Crippen LogP contribution in [0.2, 0.25) is 0 Å². The maximum Gasteiger partial charge on any atom is 0.220 e. The van der Waals surface area contributed by atoms with Crippen LogP contribution in [0.3, 0.4) is 0 Å². The molecule has 0 aliphatic rings. The molecule has 292 valence electrons. The number of carbonyl (C=O) groups excluding carboxylic acids is 1. The first-order valence-electron chi connectivity index (χ1n) is 22.4. The van der Waals surface area contributed by atoms with Gasteiger partial charge >= 0.3 is 0 Å². The predicted molar refractivity (Wildman–Crippen MR) is 216 cm³/mol. The summed E-state index contributed by atoms with van der Waals surface area (Å²) >= 11 is 0. The van der Waals surface area contributed by atoms with Crippen molar-refractivity contribution >= 4 is 5.91 Å². The molecule has 0 aromatic carbocycles. The minimum absolute atomic E-state index is 0.0315. The summed E-state index contributed by atoms with van der Waals surface area (Å²) in [4.78, 5) is 12.4. The second-order valence-electron chi connectivity index (χ2n) is 15.5. The molecule has 4 heteroatoms. The summed E-state index contributed by atoms with van der Waals surface area (Å²) in [5.41, 5.74) is 0. The van der Waals surface area contributed by atoms with Crippen molar-refractivity contribution in [3.8, 4) is 0 Å². The van der Waals surface area contributed by atoms with Gasteiger partial charge in [0.25, 0.3) is 0 Å². The maximum atomic E-state index is 12.4. The Balaban J connectivity index is 3.40. The molecular weight excluding hydrogens is 602 g/mol. The third kappa shape index (κ3) is 38.2. The van der Waals surface area contributed by atoms with Crippen molar-refractivity contribution < 1.29 is 15.0 Å². The lowest BCUT2D eigenvalue weighted by molar-refractivity contribution is -0.123. The number of hydrogen-bond donors (Lipinski definition) is 3. The molecule has 4 nitrogen and oxygen atoms in total. The SMILES string of the molecule is CCCCCCCCCCCCCC/C=C\CCCCCCCCCCCCCCC(=O)NC(CO)C(O)CCCCCCCCCCC. The van der Waals surface area contributed by atoms with Gasteiger partial charge in [-0.1, -0.05) is 219 Å². The Kier molecular flexibility index (Phi) is 40.8. The van der Waals surface area contributed by atoms with Crippen LogP contribution in [0, 0.1) is 0 Å². The average Bonchev–Trinajstić information content (AvgIpc) is 3.10. The summed E-state index contributed by atoms with van der Waals surface area (Å²) in [6, 6.07) is -0.530. The molecule has 0 saturated heterocycles. The predicted octanol–water partition coefficient (Wildman–Crippen LogP) is 13.9. The van der Waals surface area contributed by atoms with E-state index in [4.69, 9.17) is 0 Å². The van der Waals surface area contributed by atoms with Crippen molar-refractivity contribution in [2.45, 2.75) is 264 Å². The van der Waals surface area contributed by atoms with Crippen LogP contribution in [0.1, 0.15) is 251 Å². The minimum atomic E-state index is -0.653. The summed E-state index contributed by atoms with van der Waals surface area (Å²) in [7, 11) is 0. The monoisotopic (exact) mass is 692 g/mol. The van der Waals surface area contributed by atoms with E-state index in [0.717, 1.165) is 25.7 Å². The molecule has 0 heterocycles. The molecule has 2 unspecified atom stereocenters. The summed E-state index contributed by atoms with van der Waals surface area (Å²) in [6.45, 7) is 4.35. The highest BCUT2D eigenvalue weighted by Gasteiger charge is 2.20. The summed E-state index contributed by atoms with van der Waals surface area (Å²) in [5.74, 6) is -0.0315. The Labute approximate surface area is 307 Å². The normalized spacial score (nSPS) is 13.0. The van der Waals surface area contributed by atoms with E-state index in [2.05, 4.69) is 31.3 Å². The zero-order valence-electron chi connectivity index (χ0n) is 33.5. The molecule has 0 aliphatic carbocycles. The molecule has 0 aromatic rings. The van der Waals surface area contributed by atoms with Crippen LogP contribution in [0.25, 0.3) is 0 Å². The summed E-state index contributed by atoms with van der Waals surface area (Å²) < 4.78 is 0. The van der Waals surface area contributed by atoms with Crippen molar-refractivity contribution in [1.82, 2.24) is 5.32 Å². The second-order valence-corrected chi connectivity index (χ2v) is 15.5. The van der Waals surface area contributed by atoms with Crippen molar-refractivity contribution in [2.24, 2.45) is 0 Å². The van der Waals surface area contributed by atoms with Crippen LogP contribution in [0.15, 0.2) is 12.2 Å². The fraction of sp³-hybridized carbons (Fsp3) is 0.933. The Morgan fingerprint density at radius 2 is 0.776 bits per heavy atom. The van der Waals surface area contributed by atoms with Crippen LogP contribution in [0.4, 0.5) is 0 Å². The Bertz CT molecular complexity index is 666. The highest BCUT2D eigenvalue weighted by molar-refractivity contribution is 5.76. The van der Waals surface area contributed by atoms with E-state index in [1.807, 2.05) is 0 Å². The van der Waals surface area contributed by atoms with Gasteiger partial charge in [0.2, 0.25) is 5.91 Å². The first kappa shape index (κ1) is 48.1. The molecule has 0 rings (SSSR count). The van der Waals surface area contributed by atoms with E-state index in [-0.39, 0.29) is 12.5 Å². The number of allylic oxidation sites excluding steroid dienone is 2. The molecule has 0 radical (unpaired) electrons. The first-order valence-corrected chi connectivity index (χ1v) is 22.4. The number of rotatable bonds is 41. The maximum absolute atomic E-state index is 12.4. The van der Waals surface area contributed by atoms with Crippen molar-refractivity contribution in [1.29, 1.82) is 0 Å². The zero-order valence-corrected chi connectivity index (χ0v) is 33.5. The van der Waals surface area contributed by atoms with E-state index in [9.17, 15) is 15.0 Å². The Hall–Kier alpha value is -0.870. The molecule has 1 amide bonds. The fourth-order valence-corrected chi connectivity index (χ4v) is 7.06. The highest BCUT2D eigenvalue weighted by atomic mass is 16.3. The van der Waals surface area contributed by atoms with Crippen molar-refractivity contribution in [3.05, 3.63) is 12.2 Å². The molecule has 0 saturated carbocycles. The molecule has 3 N–H and O–H groups in total. The van der Waals surface area contributed by atoms with Crippen LogP contribution >= 0.6 is 0 Å². The third-order valence-electron chi connectivity index (χ3n) is 10.5. The largest absolute Gasteiger partial charge is 0.394 e. The molecule has 49 heavy (non-hydrogen) atoms. The zero-order chi connectivity index (χ0) is 35.7. The van der Waals surface area contributed by atoms with Crippen LogP contribution in [0.5, 0.6) is 0 Å². The smallest absolute Gasteiger partial charge is 0.220 e.